The van der Waals surface area contributed by atoms with Gasteiger partial charge in [0.2, 0.25) is 0 Å². The van der Waals surface area contributed by atoms with Crippen molar-refractivity contribution >= 4 is 65.2 Å². The third-order valence-electron chi connectivity index (χ3n) is 11.2. The Morgan fingerprint density at radius 1 is 0.408 bits per heavy atom. The fourth-order valence-corrected chi connectivity index (χ4v) is 9.18. The number of benzene rings is 8. The fourth-order valence-electron chi connectivity index (χ4n) is 9.18. The van der Waals surface area contributed by atoms with Gasteiger partial charge in [-0.1, -0.05) is 129 Å². The highest BCUT2D eigenvalue weighted by Gasteiger charge is 2.37. The topological polar surface area (TPSA) is 9.86 Å². The van der Waals surface area contributed by atoms with Crippen LogP contribution in [0.1, 0.15) is 25.0 Å². The van der Waals surface area contributed by atoms with Crippen LogP contribution in [0.4, 0.5) is 0 Å². The molecule has 0 fully saturated rings. The van der Waals surface area contributed by atoms with Crippen molar-refractivity contribution < 1.29 is 0 Å². The van der Waals surface area contributed by atoms with Gasteiger partial charge in [-0.3, -0.25) is 0 Å². The lowest BCUT2D eigenvalue weighted by molar-refractivity contribution is 0.666. The summed E-state index contributed by atoms with van der Waals surface area (Å²) in [6.45, 7) is 4.80. The normalized spacial score (nSPS) is 13.7. The molecule has 0 saturated carbocycles. The van der Waals surface area contributed by atoms with E-state index in [-0.39, 0.29) is 5.41 Å². The van der Waals surface area contributed by atoms with E-state index in [2.05, 4.69) is 181 Å². The lowest BCUT2D eigenvalue weighted by Crippen LogP contribution is -2.15. The smallest absolute Gasteiger partial charge is 0.0622 e. The highest BCUT2D eigenvalue weighted by Crippen LogP contribution is 2.53. The van der Waals surface area contributed by atoms with Crippen molar-refractivity contribution in [1.82, 2.24) is 9.13 Å². The minimum atomic E-state index is -0.130. The van der Waals surface area contributed by atoms with Gasteiger partial charge in [0.25, 0.3) is 0 Å². The van der Waals surface area contributed by atoms with Crippen molar-refractivity contribution in [3.63, 3.8) is 0 Å². The monoisotopic (exact) mass is 624 g/mol. The zero-order valence-electron chi connectivity index (χ0n) is 27.4. The Labute approximate surface area is 284 Å². The summed E-state index contributed by atoms with van der Waals surface area (Å²) in [5, 5.41) is 10.3. The molecule has 0 spiro atoms. The van der Waals surface area contributed by atoms with Crippen LogP contribution < -0.4 is 0 Å². The summed E-state index contributed by atoms with van der Waals surface area (Å²) in [6, 6.07) is 58.5. The molecule has 0 bridgehead atoms. The van der Waals surface area contributed by atoms with Crippen LogP contribution in [-0.2, 0) is 5.41 Å². The van der Waals surface area contributed by atoms with Crippen molar-refractivity contribution in [2.75, 3.05) is 0 Å². The Morgan fingerprint density at radius 2 is 1.10 bits per heavy atom. The van der Waals surface area contributed by atoms with Gasteiger partial charge in [-0.2, -0.15) is 0 Å². The van der Waals surface area contributed by atoms with Crippen LogP contribution in [0.25, 0.3) is 87.7 Å². The van der Waals surface area contributed by atoms with Crippen molar-refractivity contribution in [3.8, 4) is 22.5 Å². The van der Waals surface area contributed by atoms with Gasteiger partial charge < -0.3 is 9.13 Å². The number of rotatable bonds is 2. The number of nitrogens with zero attached hydrogens (tertiary/aromatic N) is 2. The minimum Gasteiger partial charge on any atom is -0.309 e. The third-order valence-corrected chi connectivity index (χ3v) is 11.2. The Bertz CT molecular complexity index is 3010. The molecular formula is C47H32N2. The standard InChI is InChI=1S/C47H32N2/c1-47(2)39-18-10-8-16-34(39)35-24-20-30-21-25-36-38-28-32(23-27-41(38)49(31-13-4-3-5-14-31)46(36)43(30)45(35)47)48-40-19-11-9-17-37(40)44-33-15-7-6-12-29(33)22-26-42(44)48/h3-28H,1-2H3. The molecule has 2 heterocycles. The summed E-state index contributed by atoms with van der Waals surface area (Å²) in [6.07, 6.45) is 0. The van der Waals surface area contributed by atoms with Gasteiger partial charge in [0, 0.05) is 43.7 Å². The summed E-state index contributed by atoms with van der Waals surface area (Å²) < 4.78 is 4.97. The van der Waals surface area contributed by atoms with Crippen molar-refractivity contribution in [2.24, 2.45) is 0 Å². The molecule has 0 amide bonds. The van der Waals surface area contributed by atoms with Gasteiger partial charge in [0.1, 0.15) is 0 Å². The Kier molecular flexibility index (Phi) is 5.21. The van der Waals surface area contributed by atoms with E-state index in [0.29, 0.717) is 0 Å². The molecule has 2 nitrogen and oxygen atoms in total. The maximum atomic E-state index is 2.51. The fraction of sp³-hybridized carbons (Fsp3) is 0.0638. The van der Waals surface area contributed by atoms with Gasteiger partial charge in [-0.05, 0) is 80.9 Å². The molecule has 49 heavy (non-hydrogen) atoms. The molecule has 0 saturated heterocycles. The first-order chi connectivity index (χ1) is 24.1. The van der Waals surface area contributed by atoms with E-state index in [0.717, 1.165) is 0 Å². The second kappa shape index (κ2) is 9.49. The molecule has 0 unspecified atom stereocenters. The number of fused-ring (bicyclic) bond motifs is 14. The molecule has 0 atom stereocenters. The second-order valence-electron chi connectivity index (χ2n) is 14.1. The van der Waals surface area contributed by atoms with Gasteiger partial charge in [-0.25, -0.2) is 0 Å². The maximum Gasteiger partial charge on any atom is 0.0622 e. The summed E-state index contributed by atoms with van der Waals surface area (Å²) in [5.74, 6) is 0. The molecule has 1 aliphatic rings. The van der Waals surface area contributed by atoms with E-state index in [1.54, 1.807) is 0 Å². The van der Waals surface area contributed by atoms with E-state index in [1.165, 1.54) is 98.8 Å². The number of aromatic nitrogens is 2. The zero-order chi connectivity index (χ0) is 32.4. The highest BCUT2D eigenvalue weighted by atomic mass is 15.0. The molecule has 8 aromatic carbocycles. The van der Waals surface area contributed by atoms with Gasteiger partial charge in [0.15, 0.2) is 0 Å². The lowest BCUT2D eigenvalue weighted by Gasteiger charge is -2.24. The molecule has 1 aliphatic carbocycles. The molecule has 230 valence electrons. The third kappa shape index (κ3) is 3.45. The Hall–Kier alpha value is -6.12. The predicted octanol–water partition coefficient (Wildman–Crippen LogP) is 12.5. The maximum absolute atomic E-state index is 2.51. The minimum absolute atomic E-state index is 0.130. The highest BCUT2D eigenvalue weighted by molar-refractivity contribution is 6.23. The SMILES string of the molecule is CC1(C)c2ccccc2-c2ccc3ccc4c5cc(-n6c7ccccc7c7c8ccccc8ccc76)ccc5n(-c5ccccc5)c4c3c21. The van der Waals surface area contributed by atoms with Crippen LogP contribution in [0.3, 0.4) is 0 Å². The average molecular weight is 625 g/mol. The van der Waals surface area contributed by atoms with E-state index in [4.69, 9.17) is 0 Å². The average Bonchev–Trinajstić information content (AvgIpc) is 3.75. The summed E-state index contributed by atoms with van der Waals surface area (Å²) in [7, 11) is 0. The molecule has 0 N–H and O–H groups in total. The number of para-hydroxylation sites is 2. The summed E-state index contributed by atoms with van der Waals surface area (Å²) in [5.41, 5.74) is 12.7. The first-order valence-electron chi connectivity index (χ1n) is 17.2. The summed E-state index contributed by atoms with van der Waals surface area (Å²) in [4.78, 5) is 0. The molecule has 10 aromatic rings. The zero-order valence-corrected chi connectivity index (χ0v) is 27.4. The van der Waals surface area contributed by atoms with E-state index >= 15 is 0 Å². The lowest BCUT2D eigenvalue weighted by atomic mass is 9.80. The quantitative estimate of drug-likeness (QED) is 0.181. The van der Waals surface area contributed by atoms with E-state index in [1.807, 2.05) is 0 Å². The first kappa shape index (κ1) is 26.9. The summed E-state index contributed by atoms with van der Waals surface area (Å²) >= 11 is 0. The van der Waals surface area contributed by atoms with Crippen molar-refractivity contribution in [3.05, 3.63) is 169 Å². The number of hydrogen-bond donors (Lipinski definition) is 0. The van der Waals surface area contributed by atoms with E-state index in [9.17, 15) is 0 Å². The van der Waals surface area contributed by atoms with Crippen LogP contribution in [0.2, 0.25) is 0 Å². The van der Waals surface area contributed by atoms with Crippen molar-refractivity contribution in [2.45, 2.75) is 19.3 Å². The molecule has 0 radical (unpaired) electrons. The van der Waals surface area contributed by atoms with Gasteiger partial charge in [0.05, 0.1) is 22.1 Å². The second-order valence-corrected chi connectivity index (χ2v) is 14.1. The largest absolute Gasteiger partial charge is 0.309 e. The molecular weight excluding hydrogens is 593 g/mol. The molecule has 0 aliphatic heterocycles. The van der Waals surface area contributed by atoms with Crippen LogP contribution in [-0.4, -0.2) is 9.13 Å². The van der Waals surface area contributed by atoms with Gasteiger partial charge >= 0.3 is 0 Å². The molecule has 2 heteroatoms. The van der Waals surface area contributed by atoms with E-state index < -0.39 is 0 Å². The first-order valence-corrected chi connectivity index (χ1v) is 17.2. The molecule has 11 rings (SSSR count). The van der Waals surface area contributed by atoms with Crippen LogP contribution in [0.5, 0.6) is 0 Å². The van der Waals surface area contributed by atoms with Gasteiger partial charge in [-0.15, -0.1) is 0 Å². The Morgan fingerprint density at radius 3 is 2.00 bits per heavy atom. The van der Waals surface area contributed by atoms with Crippen molar-refractivity contribution in [1.29, 1.82) is 0 Å². The number of hydrogen-bond acceptors (Lipinski definition) is 0. The Balaban J connectivity index is 1.29. The molecule has 2 aromatic heterocycles. The van der Waals surface area contributed by atoms with Crippen LogP contribution in [0, 0.1) is 0 Å². The predicted molar refractivity (Wildman–Crippen MR) is 208 cm³/mol. The van der Waals surface area contributed by atoms with Crippen LogP contribution in [0.15, 0.2) is 158 Å². The van der Waals surface area contributed by atoms with Crippen LogP contribution >= 0.6 is 0 Å².